The maximum Gasteiger partial charge on any atom is 0.121 e. The minimum Gasteiger partial charge on any atom is -0.497 e. The Morgan fingerprint density at radius 1 is 1.11 bits per heavy atom. The number of halogens is 1. The van der Waals surface area contributed by atoms with E-state index in [0.717, 1.165) is 16.5 Å². The third kappa shape index (κ3) is 3.81. The van der Waals surface area contributed by atoms with Gasteiger partial charge in [0.2, 0.25) is 0 Å². The van der Waals surface area contributed by atoms with Crippen molar-refractivity contribution in [1.29, 1.82) is 0 Å². The summed E-state index contributed by atoms with van der Waals surface area (Å²) in [5, 5.41) is 4.36. The van der Waals surface area contributed by atoms with Gasteiger partial charge in [0, 0.05) is 12.1 Å². The lowest BCUT2D eigenvalue weighted by Gasteiger charge is -2.23. The van der Waals surface area contributed by atoms with E-state index in [4.69, 9.17) is 16.3 Å². The Kier molecular flexibility index (Phi) is 5.18. The molecule has 1 fully saturated rings. The minimum atomic E-state index is 0.551. The summed E-state index contributed by atoms with van der Waals surface area (Å²) in [4.78, 5) is 0. The quantitative estimate of drug-likeness (QED) is 0.843. The fraction of sp³-hybridized carbons (Fsp3) is 0.600. The van der Waals surface area contributed by atoms with E-state index in [0.29, 0.717) is 6.04 Å². The largest absolute Gasteiger partial charge is 0.497 e. The first kappa shape index (κ1) is 13.5. The number of hydrogen-bond donors (Lipinski definition) is 1. The van der Waals surface area contributed by atoms with E-state index < -0.39 is 0 Å². The lowest BCUT2D eigenvalue weighted by atomic mass is 9.96. The van der Waals surface area contributed by atoms with Crippen LogP contribution in [-0.2, 0) is 0 Å². The maximum absolute atomic E-state index is 6.23. The van der Waals surface area contributed by atoms with Gasteiger partial charge in [0.15, 0.2) is 0 Å². The molecule has 2 rings (SSSR count). The second kappa shape index (κ2) is 6.89. The second-order valence-corrected chi connectivity index (χ2v) is 5.44. The van der Waals surface area contributed by atoms with E-state index in [1.54, 1.807) is 7.11 Å². The first-order chi connectivity index (χ1) is 8.79. The van der Waals surface area contributed by atoms with E-state index in [1.807, 2.05) is 18.2 Å². The Morgan fingerprint density at radius 2 is 1.78 bits per heavy atom. The molecule has 18 heavy (non-hydrogen) atoms. The molecule has 0 aliphatic heterocycles. The van der Waals surface area contributed by atoms with Gasteiger partial charge in [0.25, 0.3) is 0 Å². The number of rotatable bonds is 3. The van der Waals surface area contributed by atoms with Crippen molar-refractivity contribution in [2.75, 3.05) is 12.4 Å². The molecule has 0 bridgehead atoms. The fourth-order valence-electron chi connectivity index (χ4n) is 2.56. The molecule has 1 aliphatic rings. The average molecular weight is 268 g/mol. The van der Waals surface area contributed by atoms with Gasteiger partial charge in [-0.05, 0) is 25.0 Å². The highest BCUT2D eigenvalue weighted by atomic mass is 35.5. The van der Waals surface area contributed by atoms with Crippen LogP contribution in [0.1, 0.15) is 44.9 Å². The smallest absolute Gasteiger partial charge is 0.121 e. The highest BCUT2D eigenvalue weighted by molar-refractivity contribution is 6.33. The molecule has 1 N–H and O–H groups in total. The predicted octanol–water partition coefficient (Wildman–Crippen LogP) is 4.87. The Labute approximate surface area is 115 Å². The Bertz CT molecular complexity index is 373. The monoisotopic (exact) mass is 267 g/mol. The van der Waals surface area contributed by atoms with E-state index in [9.17, 15) is 0 Å². The molecule has 0 saturated heterocycles. The van der Waals surface area contributed by atoms with Crippen LogP contribution in [0.25, 0.3) is 0 Å². The molecule has 100 valence electrons. The number of benzene rings is 1. The van der Waals surface area contributed by atoms with Gasteiger partial charge < -0.3 is 10.1 Å². The first-order valence-corrected chi connectivity index (χ1v) is 7.27. The summed E-state index contributed by atoms with van der Waals surface area (Å²) in [6, 6.07) is 6.33. The third-order valence-corrected chi connectivity index (χ3v) is 3.97. The Hall–Kier alpha value is -0.890. The lowest BCUT2D eigenvalue weighted by Crippen LogP contribution is -2.20. The lowest BCUT2D eigenvalue weighted by molar-refractivity contribution is 0.414. The van der Waals surface area contributed by atoms with Gasteiger partial charge in [0.05, 0.1) is 17.8 Å². The second-order valence-electron chi connectivity index (χ2n) is 5.03. The molecule has 0 radical (unpaired) electrons. The maximum atomic E-state index is 6.23. The van der Waals surface area contributed by atoms with Crippen LogP contribution in [0.15, 0.2) is 18.2 Å². The number of anilines is 1. The minimum absolute atomic E-state index is 0.551. The molecule has 1 saturated carbocycles. The number of methoxy groups -OCH3 is 1. The van der Waals surface area contributed by atoms with E-state index in [-0.39, 0.29) is 0 Å². The zero-order valence-corrected chi connectivity index (χ0v) is 11.8. The summed E-state index contributed by atoms with van der Waals surface area (Å²) >= 11 is 6.23. The average Bonchev–Trinajstić information content (AvgIpc) is 2.35. The van der Waals surface area contributed by atoms with Gasteiger partial charge >= 0.3 is 0 Å². The van der Waals surface area contributed by atoms with Crippen LogP contribution in [-0.4, -0.2) is 13.2 Å². The Balaban J connectivity index is 2.02. The van der Waals surface area contributed by atoms with Crippen LogP contribution in [0.4, 0.5) is 5.69 Å². The molecule has 0 spiro atoms. The van der Waals surface area contributed by atoms with Crippen molar-refractivity contribution in [3.63, 3.8) is 0 Å². The van der Waals surface area contributed by atoms with E-state index >= 15 is 0 Å². The molecule has 2 nitrogen and oxygen atoms in total. The van der Waals surface area contributed by atoms with Gasteiger partial charge in [-0.3, -0.25) is 0 Å². The van der Waals surface area contributed by atoms with Crippen LogP contribution < -0.4 is 10.1 Å². The summed E-state index contributed by atoms with van der Waals surface area (Å²) in [5.74, 6) is 0.854. The summed E-state index contributed by atoms with van der Waals surface area (Å²) in [7, 11) is 1.68. The fourth-order valence-corrected chi connectivity index (χ4v) is 2.73. The third-order valence-electron chi connectivity index (χ3n) is 3.64. The number of hydrogen-bond acceptors (Lipinski definition) is 2. The topological polar surface area (TPSA) is 21.3 Å². The highest BCUT2D eigenvalue weighted by Crippen LogP contribution is 2.29. The molecule has 3 heteroatoms. The summed E-state index contributed by atoms with van der Waals surface area (Å²) in [6.07, 6.45) is 9.25. The van der Waals surface area contributed by atoms with Crippen molar-refractivity contribution >= 4 is 17.3 Å². The highest BCUT2D eigenvalue weighted by Gasteiger charge is 2.12. The zero-order valence-electron chi connectivity index (χ0n) is 11.0. The van der Waals surface area contributed by atoms with Crippen LogP contribution >= 0.6 is 11.6 Å². The van der Waals surface area contributed by atoms with E-state index in [2.05, 4.69) is 5.32 Å². The van der Waals surface area contributed by atoms with Crippen molar-refractivity contribution in [2.24, 2.45) is 0 Å². The van der Waals surface area contributed by atoms with Crippen molar-refractivity contribution in [1.82, 2.24) is 0 Å². The zero-order chi connectivity index (χ0) is 12.8. The SMILES string of the molecule is COc1ccc(Cl)c(NC2CCCCCCC2)c1. The van der Waals surface area contributed by atoms with Gasteiger partial charge in [-0.1, -0.05) is 43.7 Å². The van der Waals surface area contributed by atoms with Gasteiger partial charge in [-0.15, -0.1) is 0 Å². The molecule has 1 aromatic rings. The van der Waals surface area contributed by atoms with Crippen LogP contribution in [0.3, 0.4) is 0 Å². The molecule has 0 atom stereocenters. The molecular weight excluding hydrogens is 246 g/mol. The Morgan fingerprint density at radius 3 is 2.44 bits per heavy atom. The van der Waals surface area contributed by atoms with Crippen LogP contribution in [0.5, 0.6) is 5.75 Å². The van der Waals surface area contributed by atoms with Crippen molar-refractivity contribution < 1.29 is 4.74 Å². The molecule has 0 amide bonds. The predicted molar refractivity (Wildman–Crippen MR) is 77.7 cm³/mol. The summed E-state index contributed by atoms with van der Waals surface area (Å²) in [5.41, 5.74) is 1.00. The van der Waals surface area contributed by atoms with Crippen molar-refractivity contribution in [2.45, 2.75) is 51.0 Å². The van der Waals surface area contributed by atoms with Gasteiger partial charge in [0.1, 0.15) is 5.75 Å². The summed E-state index contributed by atoms with van der Waals surface area (Å²) < 4.78 is 5.25. The first-order valence-electron chi connectivity index (χ1n) is 6.89. The van der Waals surface area contributed by atoms with Crippen LogP contribution in [0, 0.1) is 0 Å². The number of ether oxygens (including phenoxy) is 1. The molecule has 0 unspecified atom stereocenters. The normalized spacial score (nSPS) is 17.9. The number of nitrogens with one attached hydrogen (secondary N) is 1. The van der Waals surface area contributed by atoms with E-state index in [1.165, 1.54) is 44.9 Å². The molecular formula is C15H22ClNO. The summed E-state index contributed by atoms with van der Waals surface area (Å²) in [6.45, 7) is 0. The molecule has 0 aromatic heterocycles. The van der Waals surface area contributed by atoms with Crippen molar-refractivity contribution in [3.8, 4) is 5.75 Å². The molecule has 0 heterocycles. The van der Waals surface area contributed by atoms with Crippen molar-refractivity contribution in [3.05, 3.63) is 23.2 Å². The standard InChI is InChI=1S/C15H22ClNO/c1-18-13-9-10-14(16)15(11-13)17-12-7-5-3-2-4-6-8-12/h9-12,17H,2-8H2,1H3. The molecule has 1 aliphatic carbocycles. The van der Waals surface area contributed by atoms with Gasteiger partial charge in [-0.25, -0.2) is 0 Å². The van der Waals surface area contributed by atoms with Crippen LogP contribution in [0.2, 0.25) is 5.02 Å². The molecule has 1 aromatic carbocycles. The van der Waals surface area contributed by atoms with Gasteiger partial charge in [-0.2, -0.15) is 0 Å².